The zero-order valence-electron chi connectivity index (χ0n) is 28.8. The molecule has 0 atom stereocenters. The van der Waals surface area contributed by atoms with Crippen LogP contribution in [0.1, 0.15) is 0 Å². The van der Waals surface area contributed by atoms with Crippen LogP contribution in [0.4, 0.5) is 0 Å². The van der Waals surface area contributed by atoms with Crippen molar-refractivity contribution in [2.75, 3.05) is 0 Å². The second-order valence-electron chi connectivity index (χ2n) is 13.9. The van der Waals surface area contributed by atoms with Gasteiger partial charge in [-0.2, -0.15) is 0 Å². The molecule has 0 saturated carbocycles. The first kappa shape index (κ1) is 30.1. The Morgan fingerprint density at radius 3 is 1.51 bits per heavy atom. The summed E-state index contributed by atoms with van der Waals surface area (Å²) in [6.07, 6.45) is 1.94. The average molecular weight is 690 g/mol. The number of fused-ring (bicyclic) bond motifs is 7. The summed E-state index contributed by atoms with van der Waals surface area (Å²) >= 11 is 1.82. The predicted molar refractivity (Wildman–Crippen MR) is 229 cm³/mol. The standard InChI is InChI=1S/C51H31NS/c1-3-11-36-29-39(23-19-32(36)9-1)48-42-14-5-6-15-43(42)49(40-24-20-33-10-2-4-12-37(33)30-40)46-31-38(25-26-44(46)48)34-17-21-35(22-18-34)50-51-45(27-28-52-50)41-13-7-8-16-47(41)53-51/h1-31H. The van der Waals surface area contributed by atoms with Gasteiger partial charge in [-0.25, -0.2) is 0 Å². The predicted octanol–water partition coefficient (Wildman–Crippen LogP) is 14.7. The Balaban J connectivity index is 1.13. The number of hydrogen-bond donors (Lipinski definition) is 0. The lowest BCUT2D eigenvalue weighted by Crippen LogP contribution is -1.92. The number of benzene rings is 9. The molecule has 0 aliphatic carbocycles. The minimum absolute atomic E-state index is 1.04. The average Bonchev–Trinajstić information content (AvgIpc) is 3.61. The lowest BCUT2D eigenvalue weighted by Gasteiger charge is -2.19. The van der Waals surface area contributed by atoms with E-state index in [9.17, 15) is 0 Å². The van der Waals surface area contributed by atoms with Crippen LogP contribution in [-0.2, 0) is 0 Å². The summed E-state index contributed by atoms with van der Waals surface area (Å²) in [5, 5.41) is 12.6. The Kier molecular flexibility index (Phi) is 6.80. The summed E-state index contributed by atoms with van der Waals surface area (Å²) in [5.74, 6) is 0. The van der Waals surface area contributed by atoms with Crippen molar-refractivity contribution in [1.29, 1.82) is 0 Å². The molecule has 2 aromatic heterocycles. The number of rotatable bonds is 4. The first-order chi connectivity index (χ1) is 26.3. The van der Waals surface area contributed by atoms with E-state index in [1.165, 1.54) is 96.6 Å². The number of hydrogen-bond acceptors (Lipinski definition) is 2. The normalized spacial score (nSPS) is 11.8. The van der Waals surface area contributed by atoms with Gasteiger partial charge >= 0.3 is 0 Å². The second kappa shape index (κ2) is 12.0. The highest BCUT2D eigenvalue weighted by Crippen LogP contribution is 2.46. The highest BCUT2D eigenvalue weighted by Gasteiger charge is 2.19. The SMILES string of the molecule is c1ccc2cc(-c3c4ccccc4c(-c4ccc5ccccc5c4)c4cc(-c5ccc(-c6nccc7c6sc6ccccc67)cc5)ccc34)ccc2c1. The van der Waals surface area contributed by atoms with Crippen LogP contribution in [0.2, 0.25) is 0 Å². The lowest BCUT2D eigenvalue weighted by atomic mass is 9.84. The van der Waals surface area contributed by atoms with E-state index < -0.39 is 0 Å². The summed E-state index contributed by atoms with van der Waals surface area (Å²) < 4.78 is 2.53. The number of nitrogens with zero attached hydrogens (tertiary/aromatic N) is 1. The van der Waals surface area contributed by atoms with Crippen LogP contribution in [0.5, 0.6) is 0 Å². The molecule has 0 radical (unpaired) electrons. The largest absolute Gasteiger partial charge is 0.255 e. The van der Waals surface area contributed by atoms with E-state index in [1.54, 1.807) is 0 Å². The van der Waals surface area contributed by atoms with Crippen LogP contribution >= 0.6 is 11.3 Å². The van der Waals surface area contributed by atoms with Crippen molar-refractivity contribution in [2.45, 2.75) is 0 Å². The van der Waals surface area contributed by atoms with E-state index in [0.29, 0.717) is 0 Å². The molecule has 0 aliphatic rings. The van der Waals surface area contributed by atoms with E-state index in [2.05, 4.69) is 182 Å². The Morgan fingerprint density at radius 2 is 0.830 bits per heavy atom. The maximum absolute atomic E-state index is 4.88. The third-order valence-electron chi connectivity index (χ3n) is 10.9. The van der Waals surface area contributed by atoms with Crippen molar-refractivity contribution >= 4 is 74.6 Å². The van der Waals surface area contributed by atoms with E-state index in [4.69, 9.17) is 4.98 Å². The number of aromatic nitrogens is 1. The highest BCUT2D eigenvalue weighted by atomic mass is 32.1. The van der Waals surface area contributed by atoms with Crippen LogP contribution in [0.15, 0.2) is 188 Å². The molecule has 0 saturated heterocycles. The van der Waals surface area contributed by atoms with Gasteiger partial charge in [-0.3, -0.25) is 4.98 Å². The quantitative estimate of drug-likeness (QED) is 0.168. The van der Waals surface area contributed by atoms with E-state index in [0.717, 1.165) is 11.3 Å². The molecule has 2 heteroatoms. The maximum Gasteiger partial charge on any atom is 0.0880 e. The van der Waals surface area contributed by atoms with Gasteiger partial charge < -0.3 is 0 Å². The Hall–Kier alpha value is -6.61. The number of thiophene rings is 1. The molecule has 11 rings (SSSR count). The van der Waals surface area contributed by atoms with Crippen LogP contribution in [-0.4, -0.2) is 4.98 Å². The van der Waals surface area contributed by atoms with Crippen molar-refractivity contribution in [1.82, 2.24) is 4.98 Å². The lowest BCUT2D eigenvalue weighted by molar-refractivity contribution is 1.37. The molecule has 0 unspecified atom stereocenters. The molecule has 53 heavy (non-hydrogen) atoms. The van der Waals surface area contributed by atoms with Crippen LogP contribution in [0.25, 0.3) is 108 Å². The summed E-state index contributed by atoms with van der Waals surface area (Å²) in [6.45, 7) is 0. The zero-order chi connectivity index (χ0) is 34.9. The van der Waals surface area contributed by atoms with Gasteiger partial charge in [0.2, 0.25) is 0 Å². The minimum Gasteiger partial charge on any atom is -0.255 e. The van der Waals surface area contributed by atoms with Crippen molar-refractivity contribution in [3.05, 3.63) is 188 Å². The summed E-state index contributed by atoms with van der Waals surface area (Å²) in [7, 11) is 0. The molecule has 0 bridgehead atoms. The Labute approximate surface area is 311 Å². The molecule has 0 amide bonds. The summed E-state index contributed by atoms with van der Waals surface area (Å²) in [5.41, 5.74) is 9.55. The Bertz CT molecular complexity index is 3220. The van der Waals surface area contributed by atoms with Gasteiger partial charge in [0.25, 0.3) is 0 Å². The number of pyridine rings is 1. The minimum atomic E-state index is 1.04. The molecule has 2 heterocycles. The highest BCUT2D eigenvalue weighted by molar-refractivity contribution is 7.26. The monoisotopic (exact) mass is 689 g/mol. The fraction of sp³-hybridized carbons (Fsp3) is 0. The van der Waals surface area contributed by atoms with E-state index in [1.807, 2.05) is 17.5 Å². The van der Waals surface area contributed by atoms with E-state index in [-0.39, 0.29) is 0 Å². The van der Waals surface area contributed by atoms with Gasteiger partial charge in [-0.05, 0) is 107 Å². The molecular weight excluding hydrogens is 659 g/mol. The smallest absolute Gasteiger partial charge is 0.0880 e. The van der Waals surface area contributed by atoms with Crippen molar-refractivity contribution in [2.24, 2.45) is 0 Å². The maximum atomic E-state index is 4.88. The molecule has 1 nitrogen and oxygen atoms in total. The van der Waals surface area contributed by atoms with Gasteiger partial charge in [-0.15, -0.1) is 11.3 Å². The van der Waals surface area contributed by atoms with Crippen molar-refractivity contribution in [3.8, 4) is 44.6 Å². The van der Waals surface area contributed by atoms with Crippen LogP contribution in [0.3, 0.4) is 0 Å². The first-order valence-corrected chi connectivity index (χ1v) is 18.9. The molecule has 246 valence electrons. The molecule has 11 aromatic rings. The third kappa shape index (κ3) is 4.88. The Morgan fingerprint density at radius 1 is 0.321 bits per heavy atom. The first-order valence-electron chi connectivity index (χ1n) is 18.1. The molecular formula is C51H31NS. The molecule has 9 aromatic carbocycles. The van der Waals surface area contributed by atoms with Crippen LogP contribution < -0.4 is 0 Å². The summed E-state index contributed by atoms with van der Waals surface area (Å²) in [4.78, 5) is 4.88. The van der Waals surface area contributed by atoms with E-state index >= 15 is 0 Å². The van der Waals surface area contributed by atoms with Gasteiger partial charge in [0.05, 0.1) is 10.4 Å². The van der Waals surface area contributed by atoms with Crippen molar-refractivity contribution < 1.29 is 0 Å². The topological polar surface area (TPSA) is 12.9 Å². The summed E-state index contributed by atoms with van der Waals surface area (Å²) in [6, 6.07) is 66.9. The molecule has 0 spiro atoms. The van der Waals surface area contributed by atoms with Gasteiger partial charge in [0.15, 0.2) is 0 Å². The van der Waals surface area contributed by atoms with Gasteiger partial charge in [-0.1, -0.05) is 152 Å². The second-order valence-corrected chi connectivity index (χ2v) is 14.9. The van der Waals surface area contributed by atoms with Gasteiger partial charge in [0.1, 0.15) is 0 Å². The van der Waals surface area contributed by atoms with Gasteiger partial charge in [0, 0.05) is 27.2 Å². The zero-order valence-corrected chi connectivity index (χ0v) is 29.6. The fourth-order valence-electron chi connectivity index (χ4n) is 8.35. The van der Waals surface area contributed by atoms with Crippen LogP contribution in [0, 0.1) is 0 Å². The molecule has 0 aliphatic heterocycles. The van der Waals surface area contributed by atoms with Crippen molar-refractivity contribution in [3.63, 3.8) is 0 Å². The molecule has 0 fully saturated rings. The third-order valence-corrected chi connectivity index (χ3v) is 12.1. The fourth-order valence-corrected chi connectivity index (χ4v) is 9.56. The molecule has 0 N–H and O–H groups in total.